The Labute approximate surface area is 208 Å². The van der Waals surface area contributed by atoms with Crippen LogP contribution in [0.25, 0.3) is 0 Å². The second-order valence-corrected chi connectivity index (χ2v) is 10.5. The molecular weight excluding hydrogens is 501 g/mol. The Morgan fingerprint density at radius 3 is 2.50 bits per heavy atom. The van der Waals surface area contributed by atoms with E-state index in [4.69, 9.17) is 23.2 Å². The fraction of sp³-hybridized carbons (Fsp3) is 0.348. The smallest absolute Gasteiger partial charge is 0.269 e. The molecule has 3 amide bonds. The predicted molar refractivity (Wildman–Crippen MR) is 129 cm³/mol. The normalized spacial score (nSPS) is 15.1. The summed E-state index contributed by atoms with van der Waals surface area (Å²) in [6, 6.07) is 9.88. The van der Waals surface area contributed by atoms with Crippen LogP contribution in [0.4, 0.5) is 0 Å². The first-order chi connectivity index (χ1) is 16.1. The van der Waals surface area contributed by atoms with Gasteiger partial charge in [-0.2, -0.15) is 0 Å². The number of halogens is 2. The minimum Gasteiger partial charge on any atom is -0.354 e. The zero-order valence-electron chi connectivity index (χ0n) is 18.8. The lowest BCUT2D eigenvalue weighted by atomic mass is 10.1. The van der Waals surface area contributed by atoms with Crippen molar-refractivity contribution >= 4 is 50.9 Å². The van der Waals surface area contributed by atoms with E-state index in [1.807, 2.05) is 6.92 Å². The van der Waals surface area contributed by atoms with Crippen molar-refractivity contribution in [2.45, 2.75) is 44.2 Å². The number of amides is 3. The molecule has 1 heterocycles. The third-order valence-corrected chi connectivity index (χ3v) is 7.94. The minimum absolute atomic E-state index is 0.0104. The van der Waals surface area contributed by atoms with E-state index < -0.39 is 27.9 Å². The highest BCUT2D eigenvalue weighted by atomic mass is 35.5. The maximum absolute atomic E-state index is 13.2. The Balaban J connectivity index is 1.81. The van der Waals surface area contributed by atoms with Crippen molar-refractivity contribution in [1.82, 2.24) is 14.5 Å². The van der Waals surface area contributed by atoms with Crippen LogP contribution in [0.2, 0.25) is 10.0 Å². The average Bonchev–Trinajstić information content (AvgIpc) is 3.00. The molecule has 34 heavy (non-hydrogen) atoms. The summed E-state index contributed by atoms with van der Waals surface area (Å²) in [4.78, 5) is 39.7. The molecule has 0 unspecified atom stereocenters. The van der Waals surface area contributed by atoms with Gasteiger partial charge < -0.3 is 10.2 Å². The number of nitrogens with zero attached hydrogens (tertiary/aromatic N) is 2. The van der Waals surface area contributed by atoms with Crippen molar-refractivity contribution in [1.29, 1.82) is 0 Å². The number of carbonyl (C=O) groups is 3. The molecule has 0 saturated carbocycles. The molecular formula is C23H25Cl2N3O5S. The molecule has 3 rings (SSSR count). The number of sulfonamides is 1. The third kappa shape index (κ3) is 5.37. The van der Waals surface area contributed by atoms with Gasteiger partial charge in [0.05, 0.1) is 5.56 Å². The number of nitrogens with one attached hydrogen (secondary N) is 1. The zero-order valence-corrected chi connectivity index (χ0v) is 21.1. The summed E-state index contributed by atoms with van der Waals surface area (Å²) >= 11 is 12.2. The van der Waals surface area contributed by atoms with Crippen LogP contribution in [0.3, 0.4) is 0 Å². The molecule has 0 saturated heterocycles. The van der Waals surface area contributed by atoms with Crippen molar-refractivity contribution < 1.29 is 22.8 Å². The summed E-state index contributed by atoms with van der Waals surface area (Å²) in [6.07, 6.45) is 0.431. The van der Waals surface area contributed by atoms with Crippen LogP contribution in [0.15, 0.2) is 47.4 Å². The van der Waals surface area contributed by atoms with E-state index in [2.05, 4.69) is 5.32 Å². The molecule has 0 bridgehead atoms. The first-order valence-corrected chi connectivity index (χ1v) is 12.9. The molecule has 2 aromatic carbocycles. The maximum atomic E-state index is 13.2. The van der Waals surface area contributed by atoms with Crippen molar-refractivity contribution in [2.24, 2.45) is 0 Å². The second-order valence-electron chi connectivity index (χ2n) is 7.85. The topological polar surface area (TPSA) is 104 Å². The Hall–Kier alpha value is -2.62. The Bertz CT molecular complexity index is 1220. The summed E-state index contributed by atoms with van der Waals surface area (Å²) in [5.41, 5.74) is 0.652. The highest BCUT2D eigenvalue weighted by Crippen LogP contribution is 2.30. The lowest BCUT2D eigenvalue weighted by Crippen LogP contribution is -2.48. The van der Waals surface area contributed by atoms with Gasteiger partial charge in [-0.1, -0.05) is 48.3 Å². The minimum atomic E-state index is -4.04. The maximum Gasteiger partial charge on any atom is 0.269 e. The van der Waals surface area contributed by atoms with E-state index in [1.54, 1.807) is 25.1 Å². The SMILES string of the molecule is CCCNC(=O)[C@H](C)N(Cc1ccc(Cl)cc1Cl)C(=O)CCN1C(=O)c2ccccc2S1(=O)=O. The number of fused-ring (bicyclic) bond motifs is 1. The lowest BCUT2D eigenvalue weighted by molar-refractivity contribution is -0.140. The van der Waals surface area contributed by atoms with Gasteiger partial charge in [-0.25, -0.2) is 12.7 Å². The van der Waals surface area contributed by atoms with Gasteiger partial charge in [0.25, 0.3) is 15.9 Å². The van der Waals surface area contributed by atoms with Gasteiger partial charge >= 0.3 is 0 Å². The van der Waals surface area contributed by atoms with Crippen molar-refractivity contribution in [3.8, 4) is 0 Å². The molecule has 2 aromatic rings. The summed E-state index contributed by atoms with van der Waals surface area (Å²) in [5.74, 6) is -1.52. The van der Waals surface area contributed by atoms with E-state index in [0.29, 0.717) is 26.5 Å². The van der Waals surface area contributed by atoms with Gasteiger partial charge in [-0.15, -0.1) is 0 Å². The highest BCUT2D eigenvalue weighted by Gasteiger charge is 2.41. The van der Waals surface area contributed by atoms with Gasteiger partial charge in [0.15, 0.2) is 0 Å². The average molecular weight is 526 g/mol. The van der Waals surface area contributed by atoms with Gasteiger partial charge in [0, 0.05) is 36.1 Å². The van der Waals surface area contributed by atoms with E-state index >= 15 is 0 Å². The van der Waals surface area contributed by atoms with Crippen LogP contribution < -0.4 is 5.32 Å². The van der Waals surface area contributed by atoms with Crippen LogP contribution in [0.1, 0.15) is 42.6 Å². The number of carbonyl (C=O) groups excluding carboxylic acids is 3. The molecule has 182 valence electrons. The molecule has 8 nitrogen and oxygen atoms in total. The van der Waals surface area contributed by atoms with E-state index in [-0.39, 0.29) is 35.9 Å². The van der Waals surface area contributed by atoms with Crippen LogP contribution in [0.5, 0.6) is 0 Å². The molecule has 1 N–H and O–H groups in total. The summed E-state index contributed by atoms with van der Waals surface area (Å²) in [7, 11) is -4.04. The van der Waals surface area contributed by atoms with Crippen molar-refractivity contribution in [2.75, 3.05) is 13.1 Å². The Morgan fingerprint density at radius 1 is 1.15 bits per heavy atom. The molecule has 0 radical (unpaired) electrons. The summed E-state index contributed by atoms with van der Waals surface area (Å²) in [5, 5.41) is 3.52. The van der Waals surface area contributed by atoms with E-state index in [1.165, 1.54) is 29.2 Å². The van der Waals surface area contributed by atoms with Gasteiger partial charge in [0.1, 0.15) is 10.9 Å². The zero-order chi connectivity index (χ0) is 25.0. The Morgan fingerprint density at radius 2 is 1.85 bits per heavy atom. The van der Waals surface area contributed by atoms with Gasteiger partial charge in [0.2, 0.25) is 11.8 Å². The number of rotatable bonds is 9. The number of hydrogen-bond donors (Lipinski definition) is 1. The standard InChI is InChI=1S/C23H25Cl2N3O5S/c1-3-11-26-22(30)15(2)27(14-16-8-9-17(24)13-19(16)25)21(29)10-12-28-23(31)18-6-4-5-7-20(18)34(28,32)33/h4-9,13,15H,3,10-12,14H2,1-2H3,(H,26,30)/t15-/m0/s1. The van der Waals surface area contributed by atoms with Crippen LogP contribution in [0, 0.1) is 0 Å². The van der Waals surface area contributed by atoms with Crippen LogP contribution in [-0.2, 0) is 26.2 Å². The molecule has 1 aliphatic rings. The third-order valence-electron chi connectivity index (χ3n) is 5.51. The molecule has 0 aliphatic carbocycles. The largest absolute Gasteiger partial charge is 0.354 e. The fourth-order valence-corrected chi connectivity index (χ4v) is 5.64. The van der Waals surface area contributed by atoms with E-state index in [9.17, 15) is 22.8 Å². The van der Waals surface area contributed by atoms with Gasteiger partial charge in [-0.05, 0) is 43.2 Å². The fourth-order valence-electron chi connectivity index (χ4n) is 3.60. The molecule has 1 atom stereocenters. The Kier molecular flexibility index (Phi) is 8.22. The first kappa shape index (κ1) is 26.0. The summed E-state index contributed by atoms with van der Waals surface area (Å²) < 4.78 is 26.3. The quantitative estimate of drug-likeness (QED) is 0.539. The molecule has 1 aliphatic heterocycles. The second kappa shape index (κ2) is 10.8. The van der Waals surface area contributed by atoms with Crippen molar-refractivity contribution in [3.63, 3.8) is 0 Å². The van der Waals surface area contributed by atoms with Crippen LogP contribution in [-0.4, -0.2) is 54.5 Å². The highest BCUT2D eigenvalue weighted by molar-refractivity contribution is 7.90. The molecule has 0 spiro atoms. The summed E-state index contributed by atoms with van der Waals surface area (Å²) in [6.45, 7) is 3.61. The van der Waals surface area contributed by atoms with Crippen molar-refractivity contribution in [3.05, 3.63) is 63.6 Å². The van der Waals surface area contributed by atoms with Crippen LogP contribution >= 0.6 is 23.2 Å². The lowest BCUT2D eigenvalue weighted by Gasteiger charge is -2.29. The predicted octanol–water partition coefficient (Wildman–Crippen LogP) is 3.47. The number of hydrogen-bond acceptors (Lipinski definition) is 5. The van der Waals surface area contributed by atoms with E-state index in [0.717, 1.165) is 6.42 Å². The molecule has 0 aromatic heterocycles. The first-order valence-electron chi connectivity index (χ1n) is 10.7. The number of benzene rings is 2. The molecule has 11 heteroatoms. The monoisotopic (exact) mass is 525 g/mol. The molecule has 0 fully saturated rings. The van der Waals surface area contributed by atoms with Gasteiger partial charge in [-0.3, -0.25) is 14.4 Å².